The van der Waals surface area contributed by atoms with E-state index in [0.717, 1.165) is 0 Å². The molecule has 8 heavy (non-hydrogen) atoms. The number of nitrogens with two attached hydrogens (primary N) is 1. The molecule has 0 aliphatic rings. The molecule has 0 saturated heterocycles. The van der Waals surface area contributed by atoms with E-state index in [1.807, 2.05) is 0 Å². The first-order chi connectivity index (χ1) is 3.77. The Morgan fingerprint density at radius 1 is 1.88 bits per heavy atom. The summed E-state index contributed by atoms with van der Waals surface area (Å²) in [7, 11) is 0. The largest absolute Gasteiger partial charge is 0.376 e. The Labute approximate surface area is 54.4 Å². The SMILES string of the molecule is CC#CCNC(N)=S. The van der Waals surface area contributed by atoms with Crippen molar-refractivity contribution in [3.63, 3.8) is 0 Å². The van der Waals surface area contributed by atoms with Crippen LogP contribution < -0.4 is 11.1 Å². The van der Waals surface area contributed by atoms with Gasteiger partial charge in [0.15, 0.2) is 5.11 Å². The minimum Gasteiger partial charge on any atom is -0.376 e. The van der Waals surface area contributed by atoms with E-state index in [-0.39, 0.29) is 0 Å². The van der Waals surface area contributed by atoms with E-state index in [1.165, 1.54) is 0 Å². The molecule has 0 aromatic heterocycles. The van der Waals surface area contributed by atoms with Crippen LogP contribution in [0.5, 0.6) is 0 Å². The van der Waals surface area contributed by atoms with Gasteiger partial charge >= 0.3 is 0 Å². The van der Waals surface area contributed by atoms with Crippen LogP contribution in [0.15, 0.2) is 0 Å². The van der Waals surface area contributed by atoms with Crippen LogP contribution in [0.2, 0.25) is 0 Å². The second-order valence-corrected chi connectivity index (χ2v) is 1.58. The van der Waals surface area contributed by atoms with Gasteiger partial charge in [0, 0.05) is 0 Å². The van der Waals surface area contributed by atoms with E-state index in [1.54, 1.807) is 6.92 Å². The molecule has 0 aliphatic heterocycles. The normalized spacial score (nSPS) is 6.62. The Balaban J connectivity index is 3.14. The molecule has 0 aliphatic carbocycles. The van der Waals surface area contributed by atoms with Crippen molar-refractivity contribution in [1.29, 1.82) is 0 Å². The van der Waals surface area contributed by atoms with Gasteiger partial charge in [-0.1, -0.05) is 5.92 Å². The molecule has 0 rings (SSSR count). The fourth-order valence-corrected chi connectivity index (χ4v) is 0.292. The zero-order valence-corrected chi connectivity index (χ0v) is 5.51. The number of thiocarbonyl (C=S) groups is 1. The summed E-state index contributed by atoms with van der Waals surface area (Å²) in [4.78, 5) is 0. The van der Waals surface area contributed by atoms with E-state index in [9.17, 15) is 0 Å². The summed E-state index contributed by atoms with van der Waals surface area (Å²) in [6.07, 6.45) is 0. The monoisotopic (exact) mass is 128 g/mol. The topological polar surface area (TPSA) is 38.0 Å². The first kappa shape index (κ1) is 7.25. The van der Waals surface area contributed by atoms with Crippen molar-refractivity contribution in [3.8, 4) is 11.8 Å². The zero-order valence-electron chi connectivity index (χ0n) is 4.69. The summed E-state index contributed by atoms with van der Waals surface area (Å²) in [5.41, 5.74) is 5.09. The maximum absolute atomic E-state index is 5.09. The third kappa shape index (κ3) is 5.25. The molecule has 44 valence electrons. The highest BCUT2D eigenvalue weighted by molar-refractivity contribution is 7.80. The molecule has 0 fully saturated rings. The Morgan fingerprint density at radius 3 is 2.88 bits per heavy atom. The predicted molar refractivity (Wildman–Crippen MR) is 38.2 cm³/mol. The van der Waals surface area contributed by atoms with Crippen LogP contribution in [0, 0.1) is 11.8 Å². The van der Waals surface area contributed by atoms with Crippen LogP contribution in [-0.4, -0.2) is 11.7 Å². The lowest BCUT2D eigenvalue weighted by Crippen LogP contribution is -2.28. The van der Waals surface area contributed by atoms with Crippen LogP contribution >= 0.6 is 12.2 Å². The summed E-state index contributed by atoms with van der Waals surface area (Å²) in [5.74, 6) is 5.45. The molecule has 0 heterocycles. The van der Waals surface area contributed by atoms with Gasteiger partial charge in [0.05, 0.1) is 6.54 Å². The first-order valence-electron chi connectivity index (χ1n) is 2.20. The number of rotatable bonds is 1. The van der Waals surface area contributed by atoms with E-state index in [0.29, 0.717) is 11.7 Å². The van der Waals surface area contributed by atoms with Gasteiger partial charge in [0.25, 0.3) is 0 Å². The molecule has 0 unspecified atom stereocenters. The highest BCUT2D eigenvalue weighted by Crippen LogP contribution is 1.55. The predicted octanol–water partition coefficient (Wildman–Crippen LogP) is -0.157. The summed E-state index contributed by atoms with van der Waals surface area (Å²) < 4.78 is 0. The van der Waals surface area contributed by atoms with Crippen molar-refractivity contribution in [1.82, 2.24) is 5.32 Å². The highest BCUT2D eigenvalue weighted by atomic mass is 32.1. The number of hydrogen-bond donors (Lipinski definition) is 2. The van der Waals surface area contributed by atoms with Gasteiger partial charge in [-0.3, -0.25) is 0 Å². The Kier molecular flexibility index (Phi) is 4.00. The van der Waals surface area contributed by atoms with E-state index in [2.05, 4.69) is 29.4 Å². The average Bonchev–Trinajstić information content (AvgIpc) is 1.66. The van der Waals surface area contributed by atoms with Crippen LogP contribution in [0.1, 0.15) is 6.92 Å². The van der Waals surface area contributed by atoms with Crippen molar-refractivity contribution < 1.29 is 0 Å². The fraction of sp³-hybridized carbons (Fsp3) is 0.400. The molecule has 0 spiro atoms. The van der Waals surface area contributed by atoms with Crippen molar-refractivity contribution >= 4 is 17.3 Å². The standard InChI is InChI=1S/C5H8N2S/c1-2-3-4-7-5(6)8/h4H2,1H3,(H3,6,7,8). The lowest BCUT2D eigenvalue weighted by atomic mass is 10.6. The minimum absolute atomic E-state index is 0.299. The third-order valence-electron chi connectivity index (χ3n) is 0.528. The molecule has 2 nitrogen and oxygen atoms in total. The van der Waals surface area contributed by atoms with Crippen LogP contribution in [-0.2, 0) is 0 Å². The summed E-state index contributed by atoms with van der Waals surface area (Å²) in [6.45, 7) is 2.31. The van der Waals surface area contributed by atoms with Gasteiger partial charge in [-0.05, 0) is 19.1 Å². The summed E-state index contributed by atoms with van der Waals surface area (Å²) in [6, 6.07) is 0. The molecule has 0 bridgehead atoms. The Morgan fingerprint density at radius 2 is 2.50 bits per heavy atom. The number of hydrogen-bond acceptors (Lipinski definition) is 1. The van der Waals surface area contributed by atoms with Crippen molar-refractivity contribution in [3.05, 3.63) is 0 Å². The third-order valence-corrected chi connectivity index (χ3v) is 0.672. The van der Waals surface area contributed by atoms with Crippen molar-refractivity contribution in [2.75, 3.05) is 6.54 Å². The highest BCUT2D eigenvalue weighted by Gasteiger charge is 1.77. The quantitative estimate of drug-likeness (QED) is 0.381. The van der Waals surface area contributed by atoms with Crippen LogP contribution in [0.4, 0.5) is 0 Å². The molecular weight excluding hydrogens is 120 g/mol. The zero-order chi connectivity index (χ0) is 6.41. The van der Waals surface area contributed by atoms with Gasteiger partial charge in [0.1, 0.15) is 0 Å². The average molecular weight is 128 g/mol. The molecule has 0 aromatic carbocycles. The van der Waals surface area contributed by atoms with E-state index < -0.39 is 0 Å². The molecule has 3 heteroatoms. The minimum atomic E-state index is 0.299. The Bertz CT molecular complexity index is 131. The van der Waals surface area contributed by atoms with Gasteiger partial charge < -0.3 is 11.1 Å². The van der Waals surface area contributed by atoms with Gasteiger partial charge in [0.2, 0.25) is 0 Å². The van der Waals surface area contributed by atoms with E-state index >= 15 is 0 Å². The van der Waals surface area contributed by atoms with Gasteiger partial charge in [-0.15, -0.1) is 5.92 Å². The molecule has 0 radical (unpaired) electrons. The second-order valence-electron chi connectivity index (χ2n) is 1.14. The van der Waals surface area contributed by atoms with Gasteiger partial charge in [-0.25, -0.2) is 0 Å². The smallest absolute Gasteiger partial charge is 0.164 e. The Hall–Kier alpha value is -0.750. The summed E-state index contributed by atoms with van der Waals surface area (Å²) >= 11 is 4.51. The molecule has 3 N–H and O–H groups in total. The second kappa shape index (κ2) is 4.41. The molecule has 0 amide bonds. The lowest BCUT2D eigenvalue weighted by molar-refractivity contribution is 1.07. The van der Waals surface area contributed by atoms with Crippen LogP contribution in [0.3, 0.4) is 0 Å². The van der Waals surface area contributed by atoms with Crippen LogP contribution in [0.25, 0.3) is 0 Å². The van der Waals surface area contributed by atoms with Crippen molar-refractivity contribution in [2.45, 2.75) is 6.92 Å². The molecule has 0 saturated carbocycles. The molecular formula is C5H8N2S. The first-order valence-corrected chi connectivity index (χ1v) is 2.61. The van der Waals surface area contributed by atoms with E-state index in [4.69, 9.17) is 5.73 Å². The fourth-order valence-electron chi connectivity index (χ4n) is 0.220. The summed E-state index contributed by atoms with van der Waals surface area (Å²) in [5, 5.41) is 2.98. The number of nitrogens with one attached hydrogen (secondary N) is 1. The maximum Gasteiger partial charge on any atom is 0.164 e. The van der Waals surface area contributed by atoms with Gasteiger partial charge in [-0.2, -0.15) is 0 Å². The molecule has 0 atom stereocenters. The maximum atomic E-state index is 5.09. The van der Waals surface area contributed by atoms with Crippen molar-refractivity contribution in [2.24, 2.45) is 5.73 Å². The lowest BCUT2D eigenvalue weighted by Gasteiger charge is -1.93. The molecule has 0 aromatic rings.